The highest BCUT2D eigenvalue weighted by Crippen LogP contribution is 2.38. The van der Waals surface area contributed by atoms with Crippen LogP contribution in [0.15, 0.2) is 18.2 Å². The molecule has 1 fully saturated rings. The Morgan fingerprint density at radius 2 is 2.21 bits per heavy atom. The highest BCUT2D eigenvalue weighted by Gasteiger charge is 2.33. The molecule has 102 valence electrons. The highest BCUT2D eigenvalue weighted by molar-refractivity contribution is 5.70. The van der Waals surface area contributed by atoms with Crippen LogP contribution in [0.25, 0.3) is 0 Å². The van der Waals surface area contributed by atoms with Crippen molar-refractivity contribution in [3.8, 4) is 0 Å². The Bertz CT molecular complexity index is 511. The van der Waals surface area contributed by atoms with Gasteiger partial charge >= 0.3 is 5.97 Å². The number of hydrogen-bond acceptors (Lipinski definition) is 4. The molecule has 0 aromatic heterocycles. The number of nitro benzene ring substituents is 1. The lowest BCUT2D eigenvalue weighted by Gasteiger charge is -2.24. The minimum absolute atomic E-state index is 0.0123. The molecule has 0 atom stereocenters. The average Bonchev–Trinajstić information content (AvgIpc) is 3.12. The van der Waals surface area contributed by atoms with Crippen LogP contribution in [0, 0.1) is 17.0 Å². The maximum Gasteiger partial charge on any atom is 0.305 e. The number of aliphatic carboxylic acids is 1. The third-order valence-corrected chi connectivity index (χ3v) is 3.26. The SMILES string of the molecule is Cc1cccc(N(CCC(=O)O)C2CC2)c1[N+](=O)[O-]. The maximum absolute atomic E-state index is 11.2. The second kappa shape index (κ2) is 5.26. The molecule has 0 aliphatic heterocycles. The number of hydrogen-bond donors (Lipinski definition) is 1. The number of anilines is 1. The summed E-state index contributed by atoms with van der Waals surface area (Å²) in [6.45, 7) is 2.01. The Labute approximate surface area is 110 Å². The summed E-state index contributed by atoms with van der Waals surface area (Å²) in [5.41, 5.74) is 1.22. The first-order valence-electron chi connectivity index (χ1n) is 6.23. The van der Waals surface area contributed by atoms with E-state index in [0.717, 1.165) is 12.8 Å². The van der Waals surface area contributed by atoms with Crippen LogP contribution in [0.1, 0.15) is 24.8 Å². The Kier molecular flexibility index (Phi) is 3.69. The van der Waals surface area contributed by atoms with E-state index < -0.39 is 5.97 Å². The summed E-state index contributed by atoms with van der Waals surface area (Å²) in [6.07, 6.45) is 1.91. The third-order valence-electron chi connectivity index (χ3n) is 3.26. The van der Waals surface area contributed by atoms with Gasteiger partial charge in [-0.05, 0) is 25.8 Å². The van der Waals surface area contributed by atoms with E-state index in [1.54, 1.807) is 25.1 Å². The molecular weight excluding hydrogens is 248 g/mol. The molecule has 1 aliphatic carbocycles. The van der Waals surface area contributed by atoms with Gasteiger partial charge in [-0.3, -0.25) is 14.9 Å². The molecule has 2 rings (SSSR count). The number of carboxylic acids is 1. The van der Waals surface area contributed by atoms with Crippen LogP contribution in [0.4, 0.5) is 11.4 Å². The number of benzene rings is 1. The predicted octanol–water partition coefficient (Wildman–Crippen LogP) is 2.35. The number of nitro groups is 1. The summed E-state index contributed by atoms with van der Waals surface area (Å²) >= 11 is 0. The van der Waals surface area contributed by atoms with Crippen LogP contribution in [-0.4, -0.2) is 28.6 Å². The number of rotatable bonds is 6. The van der Waals surface area contributed by atoms with E-state index in [1.807, 2.05) is 4.90 Å². The number of nitrogens with zero attached hydrogens (tertiary/aromatic N) is 2. The van der Waals surface area contributed by atoms with Gasteiger partial charge in [-0.25, -0.2) is 0 Å². The molecule has 0 spiro atoms. The minimum atomic E-state index is -0.888. The van der Waals surface area contributed by atoms with Crippen molar-refractivity contribution < 1.29 is 14.8 Å². The van der Waals surface area contributed by atoms with E-state index in [1.165, 1.54) is 0 Å². The number of carbonyl (C=O) groups is 1. The van der Waals surface area contributed by atoms with Crippen molar-refractivity contribution in [2.75, 3.05) is 11.4 Å². The van der Waals surface area contributed by atoms with E-state index in [0.29, 0.717) is 17.8 Å². The van der Waals surface area contributed by atoms with E-state index in [2.05, 4.69) is 0 Å². The van der Waals surface area contributed by atoms with Crippen molar-refractivity contribution in [2.45, 2.75) is 32.2 Å². The fraction of sp³-hybridized carbons (Fsp3) is 0.462. The van der Waals surface area contributed by atoms with E-state index in [9.17, 15) is 14.9 Å². The largest absolute Gasteiger partial charge is 0.481 e. The Balaban J connectivity index is 2.33. The van der Waals surface area contributed by atoms with Crippen molar-refractivity contribution in [1.82, 2.24) is 0 Å². The lowest BCUT2D eigenvalue weighted by atomic mass is 10.1. The highest BCUT2D eigenvalue weighted by atomic mass is 16.6. The lowest BCUT2D eigenvalue weighted by molar-refractivity contribution is -0.384. The molecule has 6 heteroatoms. The molecule has 1 aromatic rings. The van der Waals surface area contributed by atoms with Gasteiger partial charge in [0.1, 0.15) is 5.69 Å². The van der Waals surface area contributed by atoms with Gasteiger partial charge < -0.3 is 10.0 Å². The van der Waals surface area contributed by atoms with Crippen molar-refractivity contribution in [2.24, 2.45) is 0 Å². The fourth-order valence-corrected chi connectivity index (χ4v) is 2.21. The van der Waals surface area contributed by atoms with E-state index >= 15 is 0 Å². The van der Waals surface area contributed by atoms with Crippen molar-refractivity contribution in [1.29, 1.82) is 0 Å². The van der Waals surface area contributed by atoms with Crippen LogP contribution in [0.2, 0.25) is 0 Å². The topological polar surface area (TPSA) is 83.7 Å². The van der Waals surface area contributed by atoms with Crippen LogP contribution >= 0.6 is 0 Å². The monoisotopic (exact) mass is 264 g/mol. The zero-order valence-corrected chi connectivity index (χ0v) is 10.7. The van der Waals surface area contributed by atoms with Gasteiger partial charge in [-0.1, -0.05) is 12.1 Å². The molecular formula is C13H16N2O4. The summed E-state index contributed by atoms with van der Waals surface area (Å²) in [6, 6.07) is 5.41. The van der Waals surface area contributed by atoms with Gasteiger partial charge in [0.25, 0.3) is 5.69 Å². The standard InChI is InChI=1S/C13H16N2O4/c1-9-3-2-4-11(13(9)15(18)19)14(10-5-6-10)8-7-12(16)17/h2-4,10H,5-8H2,1H3,(H,16,17). The molecule has 0 amide bonds. The number of carboxylic acid groups (broad SMARTS) is 1. The first-order valence-corrected chi connectivity index (χ1v) is 6.23. The van der Waals surface area contributed by atoms with E-state index in [-0.39, 0.29) is 23.1 Å². The molecule has 0 saturated heterocycles. The molecule has 6 nitrogen and oxygen atoms in total. The molecule has 1 aliphatic rings. The van der Waals surface area contributed by atoms with Crippen LogP contribution < -0.4 is 4.90 Å². The maximum atomic E-state index is 11.2. The molecule has 0 bridgehead atoms. The first kappa shape index (κ1) is 13.3. The zero-order valence-electron chi connectivity index (χ0n) is 10.7. The molecule has 0 heterocycles. The summed E-state index contributed by atoms with van der Waals surface area (Å²) in [5, 5.41) is 20.0. The number of para-hydroxylation sites is 1. The van der Waals surface area contributed by atoms with Crippen LogP contribution in [0.5, 0.6) is 0 Å². The lowest BCUT2D eigenvalue weighted by Crippen LogP contribution is -2.29. The van der Waals surface area contributed by atoms with Gasteiger partial charge in [0, 0.05) is 18.2 Å². The van der Waals surface area contributed by atoms with Crippen LogP contribution in [0.3, 0.4) is 0 Å². The summed E-state index contributed by atoms with van der Waals surface area (Å²) in [5.74, 6) is -0.888. The molecule has 1 N–H and O–H groups in total. The van der Waals surface area contributed by atoms with Crippen molar-refractivity contribution >= 4 is 17.3 Å². The van der Waals surface area contributed by atoms with Gasteiger partial charge in [-0.15, -0.1) is 0 Å². The van der Waals surface area contributed by atoms with Crippen molar-refractivity contribution in [3.63, 3.8) is 0 Å². The summed E-state index contributed by atoms with van der Waals surface area (Å²) < 4.78 is 0. The third kappa shape index (κ3) is 3.01. The summed E-state index contributed by atoms with van der Waals surface area (Å²) in [7, 11) is 0. The fourth-order valence-electron chi connectivity index (χ4n) is 2.21. The predicted molar refractivity (Wildman–Crippen MR) is 70.5 cm³/mol. The molecule has 0 radical (unpaired) electrons. The van der Waals surface area contributed by atoms with Gasteiger partial charge in [-0.2, -0.15) is 0 Å². The van der Waals surface area contributed by atoms with Gasteiger partial charge in [0.05, 0.1) is 11.3 Å². The van der Waals surface area contributed by atoms with E-state index in [4.69, 9.17) is 5.11 Å². The Morgan fingerprint density at radius 1 is 1.53 bits per heavy atom. The van der Waals surface area contributed by atoms with Crippen LogP contribution in [-0.2, 0) is 4.79 Å². The Hall–Kier alpha value is -2.11. The first-order chi connectivity index (χ1) is 9.00. The number of aryl methyl sites for hydroxylation is 1. The zero-order chi connectivity index (χ0) is 14.0. The van der Waals surface area contributed by atoms with Gasteiger partial charge in [0.2, 0.25) is 0 Å². The normalized spacial score (nSPS) is 14.2. The molecule has 1 saturated carbocycles. The second-order valence-corrected chi connectivity index (χ2v) is 4.77. The minimum Gasteiger partial charge on any atom is -0.481 e. The molecule has 19 heavy (non-hydrogen) atoms. The van der Waals surface area contributed by atoms with Crippen molar-refractivity contribution in [3.05, 3.63) is 33.9 Å². The smallest absolute Gasteiger partial charge is 0.305 e. The average molecular weight is 264 g/mol. The quantitative estimate of drug-likeness (QED) is 0.629. The second-order valence-electron chi connectivity index (χ2n) is 4.77. The molecule has 1 aromatic carbocycles. The summed E-state index contributed by atoms with van der Waals surface area (Å²) in [4.78, 5) is 23.4. The Morgan fingerprint density at radius 3 is 2.74 bits per heavy atom. The molecule has 0 unspecified atom stereocenters. The van der Waals surface area contributed by atoms with Gasteiger partial charge in [0.15, 0.2) is 0 Å².